The zero-order valence-electron chi connectivity index (χ0n) is 74.2. The van der Waals surface area contributed by atoms with Crippen molar-refractivity contribution < 1.29 is 71.6 Å². The molecule has 33 heteroatoms. The van der Waals surface area contributed by atoms with E-state index in [1.807, 2.05) is 148 Å². The standard InChI is InChI=1S/C100H95Cl2FN14O14S2/c1-59-70(28-31-79(91(59)101)125-47-45-116-41-37-113(3)38-42-116)87-89-85(132-111-97(89)130-83(99(118)119)50-63-15-9-12-18-76(63)128-56-66-33-35-104-95(108-66)72-16-10-13-19-77(72)122-6)54-106-93(87)61-23-26-69(27-24-61)127-58-68-53-75(115(5)110-68)62-21-22-64(81(49-62)129-57-67-34-36-105-96(109-67)73-17-11-14-20-78(73)123-7)51-84(100(120)121)131-98-90-86(133-112-98)55-107-94(65-25-30-74(103)82(52-65)124-8)88(90)71-29-32-80(92(102)60(71)2)126-48-46-117-43-39-114(4)40-44-117/h9-36,49,52-55,83-84H,37-48,50-51,56-58H2,1-8H3,(H,118,119)(H,120,121)/t83-,84-/m1/s1. The van der Waals surface area contributed by atoms with Crippen LogP contribution >= 0.6 is 46.3 Å². The first kappa shape index (κ1) is 91.4. The number of carboxylic acid groups (broad SMARTS) is 2. The van der Waals surface area contributed by atoms with Gasteiger partial charge in [-0.05, 0) is 194 Å². The molecule has 7 aromatic heterocycles. The molecule has 2 atom stereocenters. The number of benzene rings is 8. The Bertz CT molecular complexity index is 6750. The highest BCUT2D eigenvalue weighted by molar-refractivity contribution is 7.14. The maximum Gasteiger partial charge on any atom is 0.345 e. The van der Waals surface area contributed by atoms with Crippen LogP contribution in [0.5, 0.6) is 57.8 Å². The first-order valence-electron chi connectivity index (χ1n) is 43.2. The van der Waals surface area contributed by atoms with Crippen LogP contribution < -0.4 is 47.4 Å². The Kier molecular flexibility index (Phi) is 28.5. The number of ether oxygens (including phenoxy) is 10. The maximum atomic E-state index is 15.2. The van der Waals surface area contributed by atoms with E-state index in [0.29, 0.717) is 203 Å². The largest absolute Gasteiger partial charge is 0.496 e. The molecule has 9 heterocycles. The topological polar surface area (TPSA) is 301 Å². The van der Waals surface area contributed by atoms with Crippen molar-refractivity contribution in [2.24, 2.45) is 7.05 Å². The van der Waals surface area contributed by atoms with Crippen LogP contribution in [-0.4, -0.2) is 216 Å². The lowest BCUT2D eigenvalue weighted by molar-refractivity contribution is -0.145. The molecule has 0 radical (unpaired) electrons. The van der Waals surface area contributed by atoms with Crippen LogP contribution in [0.1, 0.15) is 39.3 Å². The number of rotatable bonds is 37. The van der Waals surface area contributed by atoms with Gasteiger partial charge in [0.1, 0.15) is 79.0 Å². The number of piperazine rings is 2. The molecule has 15 aromatic rings. The molecule has 0 unspecified atom stereocenters. The number of carboxylic acids is 2. The maximum absolute atomic E-state index is 15.2. The number of aryl methyl sites for hydroxylation is 1. The van der Waals surface area contributed by atoms with Gasteiger partial charge in [0.15, 0.2) is 23.2 Å². The molecule has 2 aliphatic rings. The van der Waals surface area contributed by atoms with E-state index >= 15 is 4.39 Å². The van der Waals surface area contributed by atoms with Gasteiger partial charge in [0.05, 0.1) is 91.1 Å². The van der Waals surface area contributed by atoms with Crippen LogP contribution in [0.15, 0.2) is 201 Å². The lowest BCUT2D eigenvalue weighted by Crippen LogP contribution is -2.45. The smallest absolute Gasteiger partial charge is 0.345 e. The summed E-state index contributed by atoms with van der Waals surface area (Å²) in [4.78, 5) is 65.7. The minimum Gasteiger partial charge on any atom is -0.496 e. The highest BCUT2D eigenvalue weighted by Crippen LogP contribution is 2.50. The number of hydrogen-bond donors (Lipinski definition) is 2. The number of pyridine rings is 2. The van der Waals surface area contributed by atoms with E-state index in [0.717, 1.165) is 87.5 Å². The Morgan fingerprint density at radius 2 is 0.917 bits per heavy atom. The summed E-state index contributed by atoms with van der Waals surface area (Å²) in [5.41, 5.74) is 11.3. The number of methoxy groups -OCH3 is 3. The summed E-state index contributed by atoms with van der Waals surface area (Å²) >= 11 is 16.9. The van der Waals surface area contributed by atoms with Gasteiger partial charge in [0.25, 0.3) is 0 Å². The van der Waals surface area contributed by atoms with Crippen LogP contribution in [0.4, 0.5) is 4.39 Å². The second kappa shape index (κ2) is 41.5. The second-order valence-electron chi connectivity index (χ2n) is 32.3. The third kappa shape index (κ3) is 20.7. The number of nitrogens with zero attached hydrogens (tertiary/aromatic N) is 14. The molecule has 682 valence electrons. The number of carbonyl (C=O) groups is 2. The number of aromatic nitrogens is 10. The predicted molar refractivity (Wildman–Crippen MR) is 509 cm³/mol. The normalized spacial score (nSPS) is 13.8. The molecule has 8 aromatic carbocycles. The minimum absolute atomic E-state index is 0.00930. The molecular weight excluding hydrogens is 1780 g/mol. The SMILES string of the molecule is COc1cc(-c2ncc3snc(O[C@H](Cc4ccc(-c5cc(COc6ccc(-c7ncc8snc(O[C@H](Cc9ccccc9OCc9ccnc(-c%10ccccc%10OC)n9)C(=O)O)c8c7-c7ccc(OCCN8CCN(C)CC8)c(Cl)c7C)cc6)nn5C)cc4OCc4ccnc(-c5ccccc5OC)n4)C(=O)O)c3c2-c2ccc(OCCN3CCN(C)CC3)c(Cl)c2C)ccc1F. The summed E-state index contributed by atoms with van der Waals surface area (Å²) in [7, 11) is 10.6. The number of para-hydroxylation sites is 3. The molecule has 133 heavy (non-hydrogen) atoms. The molecule has 28 nitrogen and oxygen atoms in total. The van der Waals surface area contributed by atoms with Gasteiger partial charge in [0, 0.05) is 138 Å². The van der Waals surface area contributed by atoms with E-state index in [-0.39, 0.29) is 50.2 Å². The zero-order valence-corrected chi connectivity index (χ0v) is 77.4. The van der Waals surface area contributed by atoms with Crippen LogP contribution in [0.25, 0.3) is 99.0 Å². The molecule has 0 bridgehead atoms. The molecule has 0 aliphatic carbocycles. The van der Waals surface area contributed by atoms with E-state index in [2.05, 4.69) is 43.7 Å². The third-order valence-corrected chi connectivity index (χ3v) is 26.1. The summed E-state index contributed by atoms with van der Waals surface area (Å²) in [6.45, 7) is 13.7. The minimum atomic E-state index is -1.57. The molecule has 0 saturated carbocycles. The Morgan fingerprint density at radius 3 is 1.44 bits per heavy atom. The van der Waals surface area contributed by atoms with Gasteiger partial charge in [-0.1, -0.05) is 89.9 Å². The lowest BCUT2D eigenvalue weighted by atomic mass is 9.93. The Hall–Kier alpha value is -13.5. The van der Waals surface area contributed by atoms with E-state index in [1.165, 1.54) is 13.2 Å². The number of halogens is 3. The van der Waals surface area contributed by atoms with Crippen LogP contribution in [0.3, 0.4) is 0 Å². The summed E-state index contributed by atoms with van der Waals surface area (Å²) in [5.74, 6) is 1.34. The van der Waals surface area contributed by atoms with E-state index in [4.69, 9.17) is 104 Å². The van der Waals surface area contributed by atoms with Gasteiger partial charge in [-0.3, -0.25) is 24.4 Å². The fraction of sp³-hybridized carbons (Fsp3) is 0.270. The van der Waals surface area contributed by atoms with E-state index in [1.54, 1.807) is 86.2 Å². The van der Waals surface area contributed by atoms with E-state index < -0.39 is 30.0 Å². The van der Waals surface area contributed by atoms with Gasteiger partial charge in [0.2, 0.25) is 24.0 Å². The molecule has 2 N–H and O–H groups in total. The van der Waals surface area contributed by atoms with Crippen LogP contribution in [0.2, 0.25) is 10.0 Å². The third-order valence-electron chi connectivity index (χ3n) is 23.7. The Morgan fingerprint density at radius 1 is 0.459 bits per heavy atom. The van der Waals surface area contributed by atoms with Crippen LogP contribution in [-0.2, 0) is 49.3 Å². The highest BCUT2D eigenvalue weighted by Gasteiger charge is 2.33. The number of fused-ring (bicyclic) bond motifs is 2. The first-order chi connectivity index (χ1) is 64.7. The van der Waals surface area contributed by atoms with Crippen molar-refractivity contribution in [2.45, 2.75) is 58.7 Å². The summed E-state index contributed by atoms with van der Waals surface area (Å²) < 4.78 is 90.4. The second-order valence-corrected chi connectivity index (χ2v) is 34.6. The van der Waals surface area contributed by atoms with Crippen molar-refractivity contribution in [1.82, 2.24) is 68.0 Å². The van der Waals surface area contributed by atoms with Gasteiger partial charge < -0.3 is 67.4 Å². The molecule has 0 amide bonds. The Balaban J connectivity index is 0.654. The Labute approximate surface area is 785 Å². The van der Waals surface area contributed by atoms with Gasteiger partial charge in [-0.2, -0.15) is 13.8 Å². The number of hydrogen-bond acceptors (Lipinski definition) is 27. The predicted octanol–water partition coefficient (Wildman–Crippen LogP) is 17.9. The molecular formula is C100H95Cl2FN14O14S2. The number of aliphatic carboxylic acids is 2. The van der Waals surface area contributed by atoms with Crippen molar-refractivity contribution in [3.63, 3.8) is 0 Å². The average Bonchev–Trinajstić information content (AvgIpc) is 1.34. The highest BCUT2D eigenvalue weighted by atomic mass is 35.5. The quantitative estimate of drug-likeness (QED) is 0.0365. The van der Waals surface area contributed by atoms with E-state index in [9.17, 15) is 19.8 Å². The van der Waals surface area contributed by atoms with Gasteiger partial charge in [-0.15, -0.1) is 0 Å². The molecule has 2 aliphatic heterocycles. The van der Waals surface area contributed by atoms with Crippen LogP contribution in [0, 0.1) is 19.7 Å². The molecule has 0 spiro atoms. The fourth-order valence-corrected chi connectivity index (χ4v) is 18.1. The molecule has 2 fully saturated rings. The van der Waals surface area contributed by atoms with Crippen molar-refractivity contribution in [2.75, 3.05) is 114 Å². The van der Waals surface area contributed by atoms with Crippen molar-refractivity contribution >= 4 is 78.4 Å². The zero-order chi connectivity index (χ0) is 92.3. The molecule has 2 saturated heterocycles. The van der Waals surface area contributed by atoms with Crippen molar-refractivity contribution in [3.05, 3.63) is 256 Å². The van der Waals surface area contributed by atoms with Gasteiger partial charge in [-0.25, -0.2) is 33.9 Å². The first-order valence-corrected chi connectivity index (χ1v) is 45.5. The summed E-state index contributed by atoms with van der Waals surface area (Å²) in [6.07, 6.45) is 3.30. The lowest BCUT2D eigenvalue weighted by Gasteiger charge is -2.32. The summed E-state index contributed by atoms with van der Waals surface area (Å²) in [5, 5.41) is 29.1. The molecule has 17 rings (SSSR count). The average molecular weight is 1870 g/mol. The van der Waals surface area contributed by atoms with Gasteiger partial charge >= 0.3 is 11.9 Å². The van der Waals surface area contributed by atoms with Crippen molar-refractivity contribution in [1.29, 1.82) is 0 Å². The van der Waals surface area contributed by atoms with Crippen molar-refractivity contribution in [3.8, 4) is 137 Å². The summed E-state index contributed by atoms with van der Waals surface area (Å²) in [6, 6.07) is 52.4. The monoisotopic (exact) mass is 1870 g/mol. The fourth-order valence-electron chi connectivity index (χ4n) is 16.3. The number of likely N-dealkylation sites (N-methyl/N-ethyl adjacent to an activating group) is 2.